The number of benzene rings is 1. The molecule has 0 aromatic heterocycles. The molecule has 1 fully saturated rings. The second-order valence-electron chi connectivity index (χ2n) is 4.31. The van der Waals surface area contributed by atoms with Gasteiger partial charge in [-0.15, -0.1) is 0 Å². The Balaban J connectivity index is 2.20. The van der Waals surface area contributed by atoms with E-state index in [-0.39, 0.29) is 11.8 Å². The zero-order chi connectivity index (χ0) is 13.8. The Kier molecular flexibility index (Phi) is 5.24. The zero-order valence-corrected chi connectivity index (χ0v) is 12.4. The number of ether oxygens (including phenoxy) is 1. The van der Waals surface area contributed by atoms with E-state index in [1.54, 1.807) is 6.07 Å². The first kappa shape index (κ1) is 14.8. The molecule has 1 aliphatic rings. The first-order valence-electron chi connectivity index (χ1n) is 5.97. The summed E-state index contributed by atoms with van der Waals surface area (Å²) in [5.74, 6) is 0.0953. The molecule has 1 saturated heterocycles. The van der Waals surface area contributed by atoms with E-state index in [2.05, 4.69) is 31.3 Å². The highest BCUT2D eigenvalue weighted by Crippen LogP contribution is 2.38. The molecule has 106 valence electrons. The number of hydrogen-bond donors (Lipinski definition) is 2. The van der Waals surface area contributed by atoms with E-state index < -0.39 is 6.61 Å². The highest BCUT2D eigenvalue weighted by molar-refractivity contribution is 9.10. The van der Waals surface area contributed by atoms with Crippen LogP contribution in [0.2, 0.25) is 5.02 Å². The van der Waals surface area contributed by atoms with Gasteiger partial charge in [0.15, 0.2) is 5.75 Å². The van der Waals surface area contributed by atoms with E-state index in [0.717, 1.165) is 25.9 Å². The quantitative estimate of drug-likeness (QED) is 0.860. The smallest absolute Gasteiger partial charge is 0.387 e. The largest absolute Gasteiger partial charge is 0.431 e. The van der Waals surface area contributed by atoms with Crippen molar-refractivity contribution >= 4 is 33.2 Å². The summed E-state index contributed by atoms with van der Waals surface area (Å²) in [5.41, 5.74) is 0.492. The molecular weight excluding hydrogens is 341 g/mol. The van der Waals surface area contributed by atoms with Crippen LogP contribution in [0.3, 0.4) is 0 Å². The molecule has 1 aliphatic heterocycles. The maximum Gasteiger partial charge on any atom is 0.387 e. The molecule has 7 heteroatoms. The highest BCUT2D eigenvalue weighted by Gasteiger charge is 2.19. The SMILES string of the molecule is FC(F)Oc1c(Br)cc(Cl)cc1NC1CCNCC1. The van der Waals surface area contributed by atoms with Gasteiger partial charge in [-0.05, 0) is 54.0 Å². The summed E-state index contributed by atoms with van der Waals surface area (Å²) in [7, 11) is 0. The number of halogens is 4. The summed E-state index contributed by atoms with van der Waals surface area (Å²) in [6, 6.07) is 3.37. The number of anilines is 1. The van der Waals surface area contributed by atoms with Crippen LogP contribution in [0.5, 0.6) is 5.75 Å². The minimum Gasteiger partial charge on any atom is -0.431 e. The minimum absolute atomic E-state index is 0.0953. The molecule has 2 rings (SSSR count). The fraction of sp³-hybridized carbons (Fsp3) is 0.500. The van der Waals surface area contributed by atoms with Gasteiger partial charge in [0.25, 0.3) is 0 Å². The molecule has 1 aromatic carbocycles. The predicted molar refractivity (Wildman–Crippen MR) is 75.3 cm³/mol. The van der Waals surface area contributed by atoms with E-state index in [1.165, 1.54) is 6.07 Å². The number of nitrogens with one attached hydrogen (secondary N) is 2. The highest BCUT2D eigenvalue weighted by atomic mass is 79.9. The van der Waals surface area contributed by atoms with Crippen LogP contribution in [0.25, 0.3) is 0 Å². The molecule has 1 aromatic rings. The van der Waals surface area contributed by atoms with Crippen LogP contribution < -0.4 is 15.4 Å². The molecule has 0 radical (unpaired) electrons. The van der Waals surface area contributed by atoms with Gasteiger partial charge in [0.2, 0.25) is 0 Å². The normalized spacial score (nSPS) is 16.7. The number of piperidine rings is 1. The van der Waals surface area contributed by atoms with Crippen LogP contribution in [0, 0.1) is 0 Å². The molecule has 0 saturated carbocycles. The van der Waals surface area contributed by atoms with Gasteiger partial charge >= 0.3 is 6.61 Å². The fourth-order valence-corrected chi connectivity index (χ4v) is 2.97. The predicted octanol–water partition coefficient (Wildman–Crippen LogP) is 3.87. The van der Waals surface area contributed by atoms with Gasteiger partial charge in [-0.1, -0.05) is 11.6 Å². The Morgan fingerprint density at radius 1 is 1.37 bits per heavy atom. The molecule has 0 atom stereocenters. The standard InChI is InChI=1S/C12H14BrClF2N2O/c13-9-5-7(14)6-10(11(9)19-12(15)16)18-8-1-3-17-4-2-8/h5-6,8,12,17-18H,1-4H2. The van der Waals surface area contributed by atoms with E-state index in [0.29, 0.717) is 15.2 Å². The lowest BCUT2D eigenvalue weighted by atomic mass is 10.1. The molecule has 0 aliphatic carbocycles. The third kappa shape index (κ3) is 4.19. The van der Waals surface area contributed by atoms with Crippen LogP contribution in [0.1, 0.15) is 12.8 Å². The Hall–Kier alpha value is -0.590. The third-order valence-electron chi connectivity index (χ3n) is 2.91. The molecular formula is C12H14BrClF2N2O. The lowest BCUT2D eigenvalue weighted by Crippen LogP contribution is -2.35. The number of hydrogen-bond acceptors (Lipinski definition) is 3. The van der Waals surface area contributed by atoms with Crippen LogP contribution in [-0.4, -0.2) is 25.7 Å². The van der Waals surface area contributed by atoms with Crippen molar-refractivity contribution < 1.29 is 13.5 Å². The van der Waals surface area contributed by atoms with Crippen molar-refractivity contribution in [1.82, 2.24) is 5.32 Å². The summed E-state index contributed by atoms with van der Waals surface area (Å²) in [6.45, 7) is -1.06. The van der Waals surface area contributed by atoms with Crippen molar-refractivity contribution in [2.75, 3.05) is 18.4 Å². The first-order chi connectivity index (χ1) is 9.06. The minimum atomic E-state index is -2.87. The summed E-state index contributed by atoms with van der Waals surface area (Å²) in [5, 5.41) is 6.93. The van der Waals surface area contributed by atoms with Gasteiger partial charge in [-0.25, -0.2) is 0 Å². The van der Waals surface area contributed by atoms with E-state index >= 15 is 0 Å². The molecule has 0 spiro atoms. The maximum absolute atomic E-state index is 12.4. The van der Waals surface area contributed by atoms with Crippen LogP contribution >= 0.6 is 27.5 Å². The Labute approximate surface area is 123 Å². The Morgan fingerprint density at radius 2 is 2.05 bits per heavy atom. The van der Waals surface area contributed by atoms with Gasteiger partial charge in [0.1, 0.15) is 0 Å². The second kappa shape index (κ2) is 6.72. The third-order valence-corrected chi connectivity index (χ3v) is 3.72. The van der Waals surface area contributed by atoms with Gasteiger partial charge in [0.05, 0.1) is 10.2 Å². The molecule has 0 unspecified atom stereocenters. The molecule has 0 bridgehead atoms. The maximum atomic E-state index is 12.4. The molecule has 19 heavy (non-hydrogen) atoms. The average Bonchev–Trinajstić information content (AvgIpc) is 2.34. The number of alkyl halides is 2. The average molecular weight is 356 g/mol. The Bertz CT molecular complexity index is 442. The molecule has 0 amide bonds. The fourth-order valence-electron chi connectivity index (χ4n) is 2.06. The Morgan fingerprint density at radius 3 is 2.68 bits per heavy atom. The van der Waals surface area contributed by atoms with Crippen molar-refractivity contribution in [2.24, 2.45) is 0 Å². The van der Waals surface area contributed by atoms with Crippen LogP contribution in [0.4, 0.5) is 14.5 Å². The topological polar surface area (TPSA) is 33.3 Å². The van der Waals surface area contributed by atoms with Crippen molar-refractivity contribution in [3.8, 4) is 5.75 Å². The zero-order valence-electron chi connectivity index (χ0n) is 10.1. The second-order valence-corrected chi connectivity index (χ2v) is 5.60. The van der Waals surface area contributed by atoms with Gasteiger partial charge in [-0.2, -0.15) is 8.78 Å². The van der Waals surface area contributed by atoms with Gasteiger partial charge < -0.3 is 15.4 Å². The summed E-state index contributed by atoms with van der Waals surface area (Å²) in [6.07, 6.45) is 1.86. The summed E-state index contributed by atoms with van der Waals surface area (Å²) in [4.78, 5) is 0. The van der Waals surface area contributed by atoms with E-state index in [1.807, 2.05) is 0 Å². The van der Waals surface area contributed by atoms with Crippen molar-refractivity contribution in [3.05, 3.63) is 21.6 Å². The van der Waals surface area contributed by atoms with Crippen LogP contribution in [-0.2, 0) is 0 Å². The van der Waals surface area contributed by atoms with Gasteiger partial charge in [-0.3, -0.25) is 0 Å². The first-order valence-corrected chi connectivity index (χ1v) is 7.14. The van der Waals surface area contributed by atoms with Crippen LogP contribution in [0.15, 0.2) is 16.6 Å². The summed E-state index contributed by atoms with van der Waals surface area (Å²) >= 11 is 9.15. The molecule has 1 heterocycles. The number of rotatable bonds is 4. The monoisotopic (exact) mass is 354 g/mol. The summed E-state index contributed by atoms with van der Waals surface area (Å²) < 4.78 is 29.9. The van der Waals surface area contributed by atoms with E-state index in [4.69, 9.17) is 11.6 Å². The van der Waals surface area contributed by atoms with Gasteiger partial charge in [0, 0.05) is 11.1 Å². The van der Waals surface area contributed by atoms with Crippen molar-refractivity contribution in [1.29, 1.82) is 0 Å². The van der Waals surface area contributed by atoms with E-state index in [9.17, 15) is 8.78 Å². The molecule has 3 nitrogen and oxygen atoms in total. The van der Waals surface area contributed by atoms with Crippen molar-refractivity contribution in [3.63, 3.8) is 0 Å². The van der Waals surface area contributed by atoms with Crippen molar-refractivity contribution in [2.45, 2.75) is 25.5 Å². The lowest BCUT2D eigenvalue weighted by Gasteiger charge is -2.26. The lowest BCUT2D eigenvalue weighted by molar-refractivity contribution is -0.0499. The molecule has 2 N–H and O–H groups in total.